The first-order valence-electron chi connectivity index (χ1n) is 5.35. The van der Waals surface area contributed by atoms with Crippen LogP contribution in [0.25, 0.3) is 0 Å². The Morgan fingerprint density at radius 1 is 1.37 bits per heavy atom. The molecule has 1 amide bonds. The van der Waals surface area contributed by atoms with E-state index in [1.165, 1.54) is 19.2 Å². The van der Waals surface area contributed by atoms with E-state index in [9.17, 15) is 14.4 Å². The molecule has 1 rings (SSSR count). The van der Waals surface area contributed by atoms with Crippen molar-refractivity contribution in [1.82, 2.24) is 0 Å². The molecule has 1 aromatic carbocycles. The van der Waals surface area contributed by atoms with Crippen LogP contribution in [0.15, 0.2) is 12.1 Å². The third kappa shape index (κ3) is 3.70. The minimum absolute atomic E-state index is 0.0735. The van der Waals surface area contributed by atoms with E-state index in [1.807, 2.05) is 0 Å². The second-order valence-corrected chi connectivity index (χ2v) is 3.86. The molecule has 0 saturated carbocycles. The van der Waals surface area contributed by atoms with Crippen LogP contribution in [-0.4, -0.2) is 30.1 Å². The van der Waals surface area contributed by atoms with E-state index in [2.05, 4.69) is 10.1 Å². The lowest BCUT2D eigenvalue weighted by Gasteiger charge is -2.12. The molecule has 1 aromatic rings. The van der Waals surface area contributed by atoms with Gasteiger partial charge in [0.05, 0.1) is 18.4 Å². The predicted octanol–water partition coefficient (Wildman–Crippen LogP) is 0.777. The Balaban J connectivity index is 3.10. The molecule has 0 aromatic heterocycles. The molecule has 0 atom stereocenters. The minimum Gasteiger partial charge on any atom is -0.481 e. The number of carbonyl (C=O) groups excluding carboxylic acids is 2. The number of ether oxygens (including phenoxy) is 1. The van der Waals surface area contributed by atoms with Gasteiger partial charge in [-0.1, -0.05) is 0 Å². The third-order valence-electron chi connectivity index (χ3n) is 2.40. The second kappa shape index (κ2) is 5.85. The van der Waals surface area contributed by atoms with Crippen LogP contribution < -0.4 is 11.1 Å². The number of nitrogens with two attached hydrogens (primary N) is 1. The molecular formula is C12H14N2O5. The van der Waals surface area contributed by atoms with Crippen molar-refractivity contribution in [2.24, 2.45) is 0 Å². The molecule has 0 bridgehead atoms. The van der Waals surface area contributed by atoms with E-state index in [1.54, 1.807) is 6.92 Å². The molecule has 19 heavy (non-hydrogen) atoms. The third-order valence-corrected chi connectivity index (χ3v) is 2.40. The van der Waals surface area contributed by atoms with Gasteiger partial charge in [0.2, 0.25) is 5.91 Å². The van der Waals surface area contributed by atoms with Crippen molar-refractivity contribution in [3.05, 3.63) is 23.3 Å². The molecule has 0 fully saturated rings. The maximum Gasteiger partial charge on any atom is 0.340 e. The van der Waals surface area contributed by atoms with Crippen LogP contribution in [0.5, 0.6) is 0 Å². The second-order valence-electron chi connectivity index (χ2n) is 3.86. The van der Waals surface area contributed by atoms with Crippen LogP contribution in [0.2, 0.25) is 0 Å². The van der Waals surface area contributed by atoms with Gasteiger partial charge in [0, 0.05) is 5.69 Å². The van der Waals surface area contributed by atoms with E-state index in [0.717, 1.165) is 0 Å². The molecule has 0 saturated heterocycles. The SMILES string of the molecule is COC(=O)c1cc(N)c(C)cc1NC(=O)CC(=O)O. The van der Waals surface area contributed by atoms with Gasteiger partial charge in [-0.15, -0.1) is 0 Å². The summed E-state index contributed by atoms with van der Waals surface area (Å²) in [6.45, 7) is 1.70. The molecule has 7 nitrogen and oxygen atoms in total. The Morgan fingerprint density at radius 3 is 2.53 bits per heavy atom. The van der Waals surface area contributed by atoms with E-state index in [0.29, 0.717) is 11.3 Å². The summed E-state index contributed by atoms with van der Waals surface area (Å²) in [4.78, 5) is 33.4. The number of nitrogens with one attached hydrogen (secondary N) is 1. The van der Waals surface area contributed by atoms with Crippen LogP contribution in [0, 0.1) is 6.92 Å². The van der Waals surface area contributed by atoms with E-state index >= 15 is 0 Å². The van der Waals surface area contributed by atoms with Gasteiger partial charge in [-0.25, -0.2) is 4.79 Å². The van der Waals surface area contributed by atoms with E-state index in [-0.39, 0.29) is 11.3 Å². The van der Waals surface area contributed by atoms with Gasteiger partial charge < -0.3 is 20.9 Å². The number of hydrogen-bond donors (Lipinski definition) is 3. The van der Waals surface area contributed by atoms with Crippen LogP contribution in [0.4, 0.5) is 11.4 Å². The number of aryl methyl sites for hydroxylation is 1. The maximum absolute atomic E-state index is 11.6. The molecule has 102 valence electrons. The molecule has 4 N–H and O–H groups in total. The van der Waals surface area contributed by atoms with Gasteiger partial charge in [-0.3, -0.25) is 9.59 Å². The summed E-state index contributed by atoms with van der Waals surface area (Å²) in [5.74, 6) is -2.66. The summed E-state index contributed by atoms with van der Waals surface area (Å²) in [6, 6.07) is 2.86. The Morgan fingerprint density at radius 2 is 2.00 bits per heavy atom. The average Bonchev–Trinajstić information content (AvgIpc) is 2.31. The van der Waals surface area contributed by atoms with E-state index in [4.69, 9.17) is 10.8 Å². The van der Waals surface area contributed by atoms with Crippen molar-refractivity contribution in [3.63, 3.8) is 0 Å². The summed E-state index contributed by atoms with van der Waals surface area (Å²) in [5, 5.41) is 10.9. The van der Waals surface area contributed by atoms with E-state index < -0.39 is 24.3 Å². The summed E-state index contributed by atoms with van der Waals surface area (Å²) in [5.41, 5.74) is 6.95. The first kappa shape index (κ1) is 14.5. The topological polar surface area (TPSA) is 119 Å². The van der Waals surface area contributed by atoms with Crippen molar-refractivity contribution in [2.45, 2.75) is 13.3 Å². The van der Waals surface area contributed by atoms with Crippen LogP contribution in [-0.2, 0) is 14.3 Å². The largest absolute Gasteiger partial charge is 0.481 e. The average molecular weight is 266 g/mol. The zero-order valence-corrected chi connectivity index (χ0v) is 10.5. The first-order chi connectivity index (χ1) is 8.85. The van der Waals surface area contributed by atoms with Crippen molar-refractivity contribution < 1.29 is 24.2 Å². The highest BCUT2D eigenvalue weighted by atomic mass is 16.5. The number of anilines is 2. The summed E-state index contributed by atoms with van der Waals surface area (Å²) in [7, 11) is 1.20. The number of rotatable bonds is 4. The maximum atomic E-state index is 11.6. The fourth-order valence-electron chi connectivity index (χ4n) is 1.44. The fourth-order valence-corrected chi connectivity index (χ4v) is 1.44. The number of methoxy groups -OCH3 is 1. The van der Waals surface area contributed by atoms with Gasteiger partial charge >= 0.3 is 11.9 Å². The molecule has 0 aliphatic carbocycles. The van der Waals surface area contributed by atoms with Crippen molar-refractivity contribution in [2.75, 3.05) is 18.2 Å². The minimum atomic E-state index is -1.26. The zero-order chi connectivity index (χ0) is 14.6. The lowest BCUT2D eigenvalue weighted by Crippen LogP contribution is -2.18. The molecule has 0 unspecified atom stereocenters. The summed E-state index contributed by atoms with van der Waals surface area (Å²) < 4.78 is 4.57. The highest BCUT2D eigenvalue weighted by Gasteiger charge is 2.17. The number of esters is 1. The van der Waals surface area contributed by atoms with Crippen LogP contribution in [0.3, 0.4) is 0 Å². The van der Waals surface area contributed by atoms with Gasteiger partial charge in [0.25, 0.3) is 0 Å². The summed E-state index contributed by atoms with van der Waals surface area (Å²) in [6.07, 6.45) is -0.690. The van der Waals surface area contributed by atoms with Gasteiger partial charge in [-0.2, -0.15) is 0 Å². The molecule has 0 aliphatic heterocycles. The predicted molar refractivity (Wildman–Crippen MR) is 67.8 cm³/mol. The Kier molecular flexibility index (Phi) is 4.46. The molecule has 0 radical (unpaired) electrons. The lowest BCUT2D eigenvalue weighted by atomic mass is 10.1. The number of nitrogen functional groups attached to an aromatic ring is 1. The number of carboxylic acids is 1. The zero-order valence-electron chi connectivity index (χ0n) is 10.5. The number of benzene rings is 1. The summed E-state index contributed by atoms with van der Waals surface area (Å²) >= 11 is 0. The lowest BCUT2D eigenvalue weighted by molar-refractivity contribution is -0.139. The fraction of sp³-hybridized carbons (Fsp3) is 0.250. The molecule has 0 spiro atoms. The van der Waals surface area contributed by atoms with Crippen LogP contribution >= 0.6 is 0 Å². The highest BCUT2D eigenvalue weighted by molar-refractivity contribution is 6.06. The number of hydrogen-bond acceptors (Lipinski definition) is 5. The van der Waals surface area contributed by atoms with Crippen molar-refractivity contribution in [3.8, 4) is 0 Å². The van der Waals surface area contributed by atoms with Gasteiger partial charge in [0.15, 0.2) is 0 Å². The highest BCUT2D eigenvalue weighted by Crippen LogP contribution is 2.23. The van der Waals surface area contributed by atoms with Crippen LogP contribution in [0.1, 0.15) is 22.3 Å². The number of carboxylic acid groups (broad SMARTS) is 1. The molecule has 0 heterocycles. The van der Waals surface area contributed by atoms with Crippen molar-refractivity contribution in [1.29, 1.82) is 0 Å². The number of aliphatic carboxylic acids is 1. The molecule has 0 aliphatic rings. The van der Waals surface area contributed by atoms with Crippen molar-refractivity contribution >= 4 is 29.2 Å². The Hall–Kier alpha value is -2.57. The standard InChI is InChI=1S/C12H14N2O5/c1-6-3-9(14-10(15)5-11(16)17)7(4-8(6)13)12(18)19-2/h3-4H,5,13H2,1-2H3,(H,14,15)(H,16,17). The molecule has 7 heteroatoms. The monoisotopic (exact) mass is 266 g/mol. The first-order valence-corrected chi connectivity index (χ1v) is 5.35. The Labute approximate surface area is 109 Å². The molecular weight excluding hydrogens is 252 g/mol. The van der Waals surface area contributed by atoms with Gasteiger partial charge in [0.1, 0.15) is 6.42 Å². The number of carbonyl (C=O) groups is 3. The van der Waals surface area contributed by atoms with Gasteiger partial charge in [-0.05, 0) is 24.6 Å². The Bertz CT molecular complexity index is 539. The normalized spacial score (nSPS) is 9.79. The quantitative estimate of drug-likeness (QED) is 0.421. The number of amides is 1. The smallest absolute Gasteiger partial charge is 0.340 e.